The van der Waals surface area contributed by atoms with Crippen LogP contribution in [0.1, 0.15) is 25.7 Å². The Kier molecular flexibility index (Phi) is 7.34. The van der Waals surface area contributed by atoms with E-state index in [1.807, 2.05) is 24.3 Å². The first kappa shape index (κ1) is 26.2. The summed E-state index contributed by atoms with van der Waals surface area (Å²) in [5.74, 6) is -3.09. The van der Waals surface area contributed by atoms with Crippen molar-refractivity contribution in [3.63, 3.8) is 0 Å². The van der Waals surface area contributed by atoms with Crippen molar-refractivity contribution in [2.75, 3.05) is 19.7 Å². The van der Waals surface area contributed by atoms with Gasteiger partial charge in [0.2, 0.25) is 11.8 Å². The van der Waals surface area contributed by atoms with Crippen molar-refractivity contribution in [1.82, 2.24) is 24.8 Å². The number of alkyl halides is 1. The smallest absolute Gasteiger partial charge is 0.308 e. The number of carbonyl (C=O) groups is 3. The molecule has 3 aliphatic heterocycles. The molecule has 198 valence electrons. The number of benzene rings is 1. The molecule has 0 radical (unpaired) electrons. The molecule has 10 nitrogen and oxygen atoms in total. The van der Waals surface area contributed by atoms with Crippen LogP contribution in [0.3, 0.4) is 0 Å². The molecule has 3 saturated heterocycles. The van der Waals surface area contributed by atoms with Crippen LogP contribution in [0.2, 0.25) is 0 Å². The number of aromatic nitrogens is 3. The summed E-state index contributed by atoms with van der Waals surface area (Å²) < 4.78 is 0.831. The van der Waals surface area contributed by atoms with Gasteiger partial charge in [-0.3, -0.25) is 14.4 Å². The maximum Gasteiger partial charge on any atom is 0.308 e. The number of carbonyl (C=O) groups excluding carboxylic acids is 2. The van der Waals surface area contributed by atoms with E-state index < -0.39 is 28.6 Å². The van der Waals surface area contributed by atoms with Crippen LogP contribution in [0.25, 0.3) is 11.0 Å². The fraction of sp³-hybridized carbons (Fsp3) is 0.560. The predicted octanol–water partition coefficient (Wildman–Crippen LogP) is 2.12. The van der Waals surface area contributed by atoms with Crippen LogP contribution in [0.5, 0.6) is 0 Å². The number of halogens is 1. The second-order valence-electron chi connectivity index (χ2n) is 9.89. The van der Waals surface area contributed by atoms with Gasteiger partial charge in [0.05, 0.1) is 22.1 Å². The molecular weight excluding hydrogens is 562 g/mol. The minimum Gasteiger partial charge on any atom is -0.481 e. The fourth-order valence-corrected chi connectivity index (χ4v) is 9.83. The first-order valence-corrected chi connectivity index (χ1v) is 14.3. The lowest BCUT2D eigenvalue weighted by atomic mass is 9.71. The zero-order valence-electron chi connectivity index (χ0n) is 20.3. The van der Waals surface area contributed by atoms with Crippen LogP contribution < -0.4 is 0 Å². The summed E-state index contributed by atoms with van der Waals surface area (Å²) in [6, 6.07) is 6.69. The Balaban J connectivity index is 1.51. The molecule has 5 rings (SSSR count). The number of nitrogens with zero attached hydrogens (tertiary/aromatic N) is 5. The number of likely N-dealkylation sites (tertiary alicyclic amines) is 1. The van der Waals surface area contributed by atoms with Gasteiger partial charge in [-0.15, -0.1) is 23.4 Å². The summed E-state index contributed by atoms with van der Waals surface area (Å²) in [6.45, 7) is 4.60. The highest BCUT2D eigenvalue weighted by atomic mass is 79.9. The van der Waals surface area contributed by atoms with Crippen LogP contribution in [0, 0.1) is 11.8 Å². The molecule has 1 spiro atoms. The third kappa shape index (κ3) is 4.26. The Labute approximate surface area is 227 Å². The van der Waals surface area contributed by atoms with Crippen molar-refractivity contribution in [1.29, 1.82) is 0 Å². The molecular formula is C25H30BrN5O5S. The van der Waals surface area contributed by atoms with Gasteiger partial charge in [-0.2, -0.15) is 0 Å². The van der Waals surface area contributed by atoms with Crippen molar-refractivity contribution in [3.05, 3.63) is 36.9 Å². The molecule has 4 heterocycles. The monoisotopic (exact) mass is 591 g/mol. The molecule has 1 aromatic heterocycles. The van der Waals surface area contributed by atoms with E-state index in [1.165, 1.54) is 11.8 Å². The normalized spacial score (nSPS) is 30.2. The van der Waals surface area contributed by atoms with E-state index in [0.717, 1.165) is 5.52 Å². The predicted molar refractivity (Wildman–Crippen MR) is 142 cm³/mol. The van der Waals surface area contributed by atoms with Gasteiger partial charge >= 0.3 is 5.97 Å². The Bertz CT molecular complexity index is 1230. The Morgan fingerprint density at radius 3 is 2.81 bits per heavy atom. The number of rotatable bonds is 11. The average molecular weight is 593 g/mol. The van der Waals surface area contributed by atoms with Crippen molar-refractivity contribution in [2.45, 2.75) is 53.2 Å². The third-order valence-electron chi connectivity index (χ3n) is 7.75. The molecule has 12 heteroatoms. The van der Waals surface area contributed by atoms with E-state index in [-0.39, 0.29) is 41.7 Å². The van der Waals surface area contributed by atoms with Crippen molar-refractivity contribution >= 4 is 56.5 Å². The molecule has 0 saturated carbocycles. The van der Waals surface area contributed by atoms with Crippen molar-refractivity contribution in [3.8, 4) is 0 Å². The number of hydrogen-bond acceptors (Lipinski definition) is 7. The first-order chi connectivity index (χ1) is 17.8. The lowest BCUT2D eigenvalue weighted by Crippen LogP contribution is -2.55. The van der Waals surface area contributed by atoms with Crippen LogP contribution in [0.4, 0.5) is 0 Å². The molecule has 2 N–H and O–H groups in total. The minimum atomic E-state index is -0.993. The summed E-state index contributed by atoms with van der Waals surface area (Å²) in [5.41, 5.74) is 1.50. The highest BCUT2D eigenvalue weighted by Crippen LogP contribution is 2.67. The van der Waals surface area contributed by atoms with E-state index >= 15 is 0 Å². The number of carboxylic acid groups (broad SMARTS) is 1. The molecule has 2 aromatic rings. The lowest BCUT2D eigenvalue weighted by Gasteiger charge is -2.37. The maximum atomic E-state index is 14.4. The number of unbranched alkanes of at least 4 members (excludes halogenated alkanes) is 2. The van der Waals surface area contributed by atoms with Gasteiger partial charge in [0.25, 0.3) is 0 Å². The van der Waals surface area contributed by atoms with Gasteiger partial charge in [0.15, 0.2) is 0 Å². The summed E-state index contributed by atoms with van der Waals surface area (Å²) in [4.78, 5) is 43.6. The first-order valence-electron chi connectivity index (χ1n) is 12.5. The molecule has 37 heavy (non-hydrogen) atoms. The highest BCUT2D eigenvalue weighted by molar-refractivity contribution is 9.09. The number of thioether (sulfide) groups is 1. The molecule has 0 aliphatic carbocycles. The van der Waals surface area contributed by atoms with Crippen LogP contribution in [-0.2, 0) is 21.1 Å². The molecule has 2 amide bonds. The number of aliphatic hydroxyl groups is 1. The topological polar surface area (TPSA) is 129 Å². The number of aliphatic hydroxyl groups excluding tert-OH is 1. The van der Waals surface area contributed by atoms with Crippen LogP contribution in [0.15, 0.2) is 36.9 Å². The number of para-hydroxylation sites is 1. The average Bonchev–Trinajstić information content (AvgIpc) is 3.59. The van der Waals surface area contributed by atoms with E-state index in [9.17, 15) is 24.6 Å². The summed E-state index contributed by atoms with van der Waals surface area (Å²) in [7, 11) is 0. The SMILES string of the molecule is C=CCN(Cn1nnc2ccccc21)C(=O)C1N(CCCCCO)C(=O)[C@@H]2[C@H](C(=O)O)[C@H]3SC12CC3Br. The van der Waals surface area contributed by atoms with Gasteiger partial charge in [0, 0.05) is 29.8 Å². The third-order valence-corrected chi connectivity index (χ3v) is 11.0. The number of hydrogen-bond donors (Lipinski definition) is 2. The fourth-order valence-electron chi connectivity index (χ4n) is 6.23. The van der Waals surface area contributed by atoms with Crippen LogP contribution >= 0.6 is 27.7 Å². The number of carboxylic acids is 1. The number of fused-ring (bicyclic) bond motifs is 2. The minimum absolute atomic E-state index is 0.0612. The van der Waals surface area contributed by atoms with Crippen molar-refractivity contribution < 1.29 is 24.6 Å². The van der Waals surface area contributed by atoms with Gasteiger partial charge < -0.3 is 20.0 Å². The van der Waals surface area contributed by atoms with Crippen molar-refractivity contribution in [2.24, 2.45) is 11.8 Å². The second-order valence-corrected chi connectivity index (χ2v) is 12.6. The molecule has 3 fully saturated rings. The Morgan fingerprint density at radius 1 is 1.30 bits per heavy atom. The molecule has 2 bridgehead atoms. The van der Waals surface area contributed by atoms with Gasteiger partial charge in [-0.05, 0) is 37.8 Å². The summed E-state index contributed by atoms with van der Waals surface area (Å²) in [5, 5.41) is 27.4. The lowest BCUT2D eigenvalue weighted by molar-refractivity contribution is -0.148. The maximum absolute atomic E-state index is 14.4. The van der Waals surface area contributed by atoms with Crippen LogP contribution in [-0.4, -0.2) is 93.4 Å². The number of aliphatic carboxylic acids is 1. The molecule has 3 aliphatic rings. The summed E-state index contributed by atoms with van der Waals surface area (Å²) >= 11 is 5.15. The van der Waals surface area contributed by atoms with Gasteiger partial charge in [0.1, 0.15) is 18.2 Å². The summed E-state index contributed by atoms with van der Waals surface area (Å²) in [6.07, 6.45) is 4.12. The quantitative estimate of drug-likeness (QED) is 0.231. The van der Waals surface area contributed by atoms with E-state index in [2.05, 4.69) is 32.8 Å². The Hall–Kier alpha value is -2.44. The zero-order chi connectivity index (χ0) is 26.3. The molecule has 1 aromatic carbocycles. The van der Waals surface area contributed by atoms with Gasteiger partial charge in [-0.1, -0.05) is 39.4 Å². The van der Waals surface area contributed by atoms with Gasteiger partial charge in [-0.25, -0.2) is 4.68 Å². The Morgan fingerprint density at radius 2 is 2.08 bits per heavy atom. The van der Waals surface area contributed by atoms with E-state index in [1.54, 1.807) is 20.6 Å². The standard InChI is InChI=1S/C25H30BrN5O5S/c1-2-10-29(14-31-17-9-5-4-8-16(17)27-28-31)23(34)21-25-13-15(26)20(37-25)18(24(35)36)19(25)22(33)30(21)11-6-3-7-12-32/h2,4-5,8-9,15,18-21,32H,1,3,6-7,10-14H2,(H,35,36)/t15?,18-,19-,20-,21?,25?/m0/s1. The molecule has 6 atom stereocenters. The van der Waals surface area contributed by atoms with E-state index in [0.29, 0.717) is 37.7 Å². The second kappa shape index (κ2) is 10.4. The molecule has 3 unspecified atom stereocenters. The zero-order valence-corrected chi connectivity index (χ0v) is 22.7. The highest BCUT2D eigenvalue weighted by Gasteiger charge is 2.75. The van der Waals surface area contributed by atoms with E-state index in [4.69, 9.17) is 0 Å². The largest absolute Gasteiger partial charge is 0.481 e. The number of amides is 2.